The zero-order chi connectivity index (χ0) is 39.2. The Hall–Kier alpha value is -6.42. The summed E-state index contributed by atoms with van der Waals surface area (Å²) in [7, 11) is 0. The molecule has 278 valence electrons. The molecule has 0 aliphatic rings. The van der Waals surface area contributed by atoms with E-state index in [1.807, 2.05) is 102 Å². The Bertz CT molecular complexity index is 2340. The molecule has 0 spiro atoms. The van der Waals surface area contributed by atoms with Crippen molar-refractivity contribution in [3.63, 3.8) is 0 Å². The number of phenols is 6. The van der Waals surface area contributed by atoms with E-state index in [-0.39, 0.29) is 67.9 Å². The van der Waals surface area contributed by atoms with Crippen molar-refractivity contribution in [2.24, 2.45) is 10.2 Å². The molecule has 54 heavy (non-hydrogen) atoms. The molecule has 6 rings (SSSR count). The lowest BCUT2D eigenvalue weighted by atomic mass is 9.83. The molecule has 0 heterocycles. The van der Waals surface area contributed by atoms with Gasteiger partial charge >= 0.3 is 0 Å². The Morgan fingerprint density at radius 3 is 1.17 bits per heavy atom. The second-order valence-electron chi connectivity index (χ2n) is 14.4. The van der Waals surface area contributed by atoms with Crippen LogP contribution in [0.15, 0.2) is 70.9 Å². The minimum atomic E-state index is -0.451. The van der Waals surface area contributed by atoms with E-state index in [1.54, 1.807) is 13.8 Å². The number of nitrogens with zero attached hydrogens (tertiary/aromatic N) is 2. The van der Waals surface area contributed by atoms with Gasteiger partial charge in [0.15, 0.2) is 23.0 Å². The molecule has 0 fully saturated rings. The highest BCUT2D eigenvalue weighted by Crippen LogP contribution is 2.54. The Morgan fingerprint density at radius 1 is 0.481 bits per heavy atom. The number of hydrogen-bond acceptors (Lipinski definition) is 10. The Kier molecular flexibility index (Phi) is 10.1. The van der Waals surface area contributed by atoms with Crippen molar-refractivity contribution in [3.8, 4) is 45.6 Å². The lowest BCUT2D eigenvalue weighted by Gasteiger charge is -2.23. The molecule has 6 aromatic carbocycles. The molecule has 0 saturated carbocycles. The first-order chi connectivity index (χ1) is 25.6. The summed E-state index contributed by atoms with van der Waals surface area (Å²) in [5.41, 5.74) is 12.1. The third-order valence-corrected chi connectivity index (χ3v) is 10.0. The normalized spacial score (nSPS) is 12.0. The number of phenolic OH excluding ortho intramolecular Hbond substituents is 6. The van der Waals surface area contributed by atoms with Crippen LogP contribution in [-0.4, -0.2) is 43.1 Å². The van der Waals surface area contributed by atoms with Gasteiger partial charge in [0.05, 0.1) is 34.9 Å². The largest absolute Gasteiger partial charge is 0.507 e. The zero-order valence-electron chi connectivity index (χ0n) is 31.7. The maximum atomic E-state index is 12.4. The minimum absolute atomic E-state index is 0.0735. The second-order valence-corrected chi connectivity index (χ2v) is 14.4. The van der Waals surface area contributed by atoms with E-state index in [0.717, 1.165) is 22.5 Å². The molecule has 0 bridgehead atoms. The molecule has 8 N–H and O–H groups in total. The van der Waals surface area contributed by atoms with Crippen LogP contribution in [0.4, 0.5) is 11.4 Å². The van der Waals surface area contributed by atoms with Crippen LogP contribution in [0.3, 0.4) is 0 Å². The van der Waals surface area contributed by atoms with Gasteiger partial charge in [-0.15, -0.1) is 0 Å². The molecular weight excluding hydrogens is 681 g/mol. The Balaban J connectivity index is 1.65. The van der Waals surface area contributed by atoms with Crippen LogP contribution in [0.1, 0.15) is 84.0 Å². The summed E-state index contributed by atoms with van der Waals surface area (Å²) in [6.45, 7) is 15.0. The van der Waals surface area contributed by atoms with Gasteiger partial charge in [0.1, 0.15) is 11.5 Å². The zero-order valence-corrected chi connectivity index (χ0v) is 31.7. The first-order valence-electron chi connectivity index (χ1n) is 17.8. The fraction of sp³-hybridized carbons (Fsp3) is 0.227. The fourth-order valence-electron chi connectivity index (χ4n) is 7.35. The van der Waals surface area contributed by atoms with Crippen molar-refractivity contribution in [2.75, 3.05) is 10.9 Å². The smallest absolute Gasteiger partial charge is 0.167 e. The summed E-state index contributed by atoms with van der Waals surface area (Å²) in [4.78, 5) is 0. The predicted octanol–water partition coefficient (Wildman–Crippen LogP) is 10.3. The Morgan fingerprint density at radius 2 is 0.833 bits per heavy atom. The van der Waals surface area contributed by atoms with Crippen LogP contribution in [0.5, 0.6) is 34.5 Å². The molecule has 0 atom stereocenters. The van der Waals surface area contributed by atoms with Crippen LogP contribution < -0.4 is 10.9 Å². The summed E-state index contributed by atoms with van der Waals surface area (Å²) in [5.74, 6) is -2.51. The molecule has 0 unspecified atom stereocenters. The van der Waals surface area contributed by atoms with Gasteiger partial charge in [0.2, 0.25) is 0 Å². The highest BCUT2D eigenvalue weighted by Gasteiger charge is 2.29. The van der Waals surface area contributed by atoms with Crippen molar-refractivity contribution in [2.45, 2.75) is 67.2 Å². The first-order valence-corrected chi connectivity index (χ1v) is 17.8. The van der Waals surface area contributed by atoms with Gasteiger partial charge in [0.25, 0.3) is 0 Å². The van der Waals surface area contributed by atoms with Crippen molar-refractivity contribution in [1.29, 1.82) is 0 Å². The van der Waals surface area contributed by atoms with Gasteiger partial charge in [-0.25, -0.2) is 0 Å². The Labute approximate surface area is 314 Å². The number of aryl methyl sites for hydroxylation is 4. The minimum Gasteiger partial charge on any atom is -0.507 e. The van der Waals surface area contributed by atoms with Crippen LogP contribution in [0.25, 0.3) is 32.7 Å². The van der Waals surface area contributed by atoms with Crippen LogP contribution >= 0.6 is 0 Å². The molecule has 10 heteroatoms. The van der Waals surface area contributed by atoms with Gasteiger partial charge in [-0.2, -0.15) is 10.2 Å². The van der Waals surface area contributed by atoms with Gasteiger partial charge in [-0.1, -0.05) is 76.2 Å². The van der Waals surface area contributed by atoms with Gasteiger partial charge in [-0.05, 0) is 84.7 Å². The third kappa shape index (κ3) is 6.33. The molecule has 0 saturated heterocycles. The van der Waals surface area contributed by atoms with Gasteiger partial charge in [-0.3, -0.25) is 10.9 Å². The third-order valence-electron chi connectivity index (χ3n) is 10.0. The van der Waals surface area contributed by atoms with Crippen molar-refractivity contribution < 1.29 is 30.6 Å². The number of hydrogen-bond donors (Lipinski definition) is 8. The molecule has 0 aromatic heterocycles. The second kappa shape index (κ2) is 14.5. The number of nitrogens with one attached hydrogen (secondary N) is 2. The first kappa shape index (κ1) is 37.3. The number of anilines is 2. The number of aromatic hydroxyl groups is 6. The number of para-hydroxylation sites is 2. The molecule has 10 nitrogen and oxygen atoms in total. The van der Waals surface area contributed by atoms with Crippen LogP contribution in [0, 0.1) is 27.7 Å². The van der Waals surface area contributed by atoms with E-state index >= 15 is 0 Å². The highest BCUT2D eigenvalue weighted by atomic mass is 16.3. The molecule has 0 aliphatic heterocycles. The predicted molar refractivity (Wildman–Crippen MR) is 219 cm³/mol. The average molecular weight is 727 g/mol. The molecule has 0 aliphatic carbocycles. The molecule has 6 aromatic rings. The fourth-order valence-corrected chi connectivity index (χ4v) is 7.35. The highest BCUT2D eigenvalue weighted by molar-refractivity contribution is 6.15. The van der Waals surface area contributed by atoms with Crippen molar-refractivity contribution in [1.82, 2.24) is 0 Å². The summed E-state index contributed by atoms with van der Waals surface area (Å²) in [5, 5.41) is 80.4. The summed E-state index contributed by atoms with van der Waals surface area (Å²) >= 11 is 0. The van der Waals surface area contributed by atoms with E-state index < -0.39 is 11.5 Å². The van der Waals surface area contributed by atoms with Crippen LogP contribution in [-0.2, 0) is 0 Å². The lowest BCUT2D eigenvalue weighted by molar-refractivity contribution is 0.398. The van der Waals surface area contributed by atoms with E-state index in [0.29, 0.717) is 33.0 Å². The number of benzene rings is 6. The maximum Gasteiger partial charge on any atom is 0.167 e. The molecular formula is C44H46N4O6. The molecule has 0 radical (unpaired) electrons. The topological polar surface area (TPSA) is 170 Å². The summed E-state index contributed by atoms with van der Waals surface area (Å²) in [6.07, 6.45) is 2.71. The average Bonchev–Trinajstić information content (AvgIpc) is 3.11. The molecule has 0 amide bonds. The summed E-state index contributed by atoms with van der Waals surface area (Å²) in [6, 6.07) is 18.7. The number of hydrazone groups is 2. The monoisotopic (exact) mass is 726 g/mol. The van der Waals surface area contributed by atoms with E-state index in [1.165, 1.54) is 12.4 Å². The van der Waals surface area contributed by atoms with Crippen molar-refractivity contribution in [3.05, 3.63) is 105 Å². The van der Waals surface area contributed by atoms with E-state index in [2.05, 4.69) is 21.1 Å². The standard InChI is InChI=1S/C44H46N4O6/c1-21(2)33-27-17-25(7)35(41(51)37(27)29(39(49)43(33)53)19-45-47-31-15-11-9-13-23(31)5)36-26(8)18-28-34(22(3)4)44(54)40(50)30(38(28)42(36)52)20-46-48-32-16-12-10-14-24(32)6/h9-22,47-54H,1-8H3. The SMILES string of the molecule is Cc1ccccc1NN=Cc1c(O)c(O)c(C(C)C)c2cc(C)c(-c3c(C)cc4c(C(C)C)c(O)c(O)c(C=NNc5ccccc5C)c4c3O)c(O)c12. The van der Waals surface area contributed by atoms with E-state index in [9.17, 15) is 30.6 Å². The summed E-state index contributed by atoms with van der Waals surface area (Å²) < 4.78 is 0. The number of rotatable bonds is 9. The maximum absolute atomic E-state index is 12.4. The van der Waals surface area contributed by atoms with Gasteiger partial charge in [0, 0.05) is 33.0 Å². The number of fused-ring (bicyclic) bond motifs is 2. The quantitative estimate of drug-likeness (QED) is 0.0413. The van der Waals surface area contributed by atoms with Crippen LogP contribution in [0.2, 0.25) is 0 Å². The van der Waals surface area contributed by atoms with Gasteiger partial charge < -0.3 is 30.6 Å². The van der Waals surface area contributed by atoms with E-state index in [4.69, 9.17) is 0 Å². The lowest BCUT2D eigenvalue weighted by Crippen LogP contribution is -2.02. The van der Waals surface area contributed by atoms with Crippen molar-refractivity contribution >= 4 is 45.3 Å².